The van der Waals surface area contributed by atoms with Crippen LogP contribution in [0, 0.1) is 0 Å². The SMILES string of the molecule is C1=C(/C(C=[N+]2CCCCC2)=C/N2CCCCC2)c2ccccc2SC1(c1ccccc1)N1CCCCC1. The lowest BCUT2D eigenvalue weighted by atomic mass is 9.91. The number of thioether (sulfide) groups is 1. The van der Waals surface area contributed by atoms with E-state index in [-0.39, 0.29) is 4.87 Å². The third kappa shape index (κ3) is 5.47. The Morgan fingerprint density at radius 1 is 0.730 bits per heavy atom. The van der Waals surface area contributed by atoms with Gasteiger partial charge in [-0.25, -0.2) is 4.58 Å². The Labute approximate surface area is 227 Å². The monoisotopic (exact) mass is 512 g/mol. The lowest BCUT2D eigenvalue weighted by Gasteiger charge is -2.46. The van der Waals surface area contributed by atoms with Gasteiger partial charge < -0.3 is 4.90 Å². The summed E-state index contributed by atoms with van der Waals surface area (Å²) in [5, 5.41) is 0. The van der Waals surface area contributed by atoms with Crippen LogP contribution in [-0.2, 0) is 4.87 Å². The molecule has 0 aliphatic carbocycles. The van der Waals surface area contributed by atoms with Crippen molar-refractivity contribution in [3.8, 4) is 0 Å². The van der Waals surface area contributed by atoms with Crippen molar-refractivity contribution in [1.82, 2.24) is 9.80 Å². The van der Waals surface area contributed by atoms with E-state index in [0.717, 1.165) is 13.1 Å². The molecule has 1 unspecified atom stereocenters. The van der Waals surface area contributed by atoms with E-state index in [1.165, 1.54) is 111 Å². The van der Waals surface area contributed by atoms with Crippen LogP contribution in [0.15, 0.2) is 77.3 Å². The molecule has 0 aromatic heterocycles. The number of fused-ring (bicyclic) bond motifs is 1. The molecule has 0 saturated carbocycles. The lowest BCUT2D eigenvalue weighted by Crippen LogP contribution is -2.46. The number of hydrogen-bond donors (Lipinski definition) is 0. The Balaban J connectivity index is 1.53. The van der Waals surface area contributed by atoms with Gasteiger partial charge in [-0.3, -0.25) is 4.90 Å². The van der Waals surface area contributed by atoms with E-state index in [2.05, 4.69) is 99.2 Å². The summed E-state index contributed by atoms with van der Waals surface area (Å²) < 4.78 is 2.59. The highest BCUT2D eigenvalue weighted by atomic mass is 32.2. The van der Waals surface area contributed by atoms with Crippen LogP contribution >= 0.6 is 11.8 Å². The zero-order valence-corrected chi connectivity index (χ0v) is 23.1. The summed E-state index contributed by atoms with van der Waals surface area (Å²) in [4.78, 5) is 6.59. The highest BCUT2D eigenvalue weighted by molar-refractivity contribution is 8.00. The van der Waals surface area contributed by atoms with Gasteiger partial charge in [-0.2, -0.15) is 0 Å². The lowest BCUT2D eigenvalue weighted by molar-refractivity contribution is -0.532. The van der Waals surface area contributed by atoms with Crippen molar-refractivity contribution < 1.29 is 4.58 Å². The van der Waals surface area contributed by atoms with Gasteiger partial charge >= 0.3 is 0 Å². The molecule has 0 N–H and O–H groups in total. The molecule has 4 aliphatic rings. The molecule has 3 fully saturated rings. The van der Waals surface area contributed by atoms with E-state index in [0.29, 0.717) is 0 Å². The minimum Gasteiger partial charge on any atom is -0.377 e. The maximum atomic E-state index is 2.77. The van der Waals surface area contributed by atoms with Crippen LogP contribution in [0.2, 0.25) is 0 Å². The maximum absolute atomic E-state index is 2.77. The van der Waals surface area contributed by atoms with E-state index < -0.39 is 0 Å². The van der Waals surface area contributed by atoms with Crippen LogP contribution in [0.3, 0.4) is 0 Å². The summed E-state index contributed by atoms with van der Waals surface area (Å²) in [5.74, 6) is 0. The zero-order chi connectivity index (χ0) is 24.9. The molecule has 3 saturated heterocycles. The second kappa shape index (κ2) is 11.6. The third-order valence-electron chi connectivity index (χ3n) is 8.53. The average Bonchev–Trinajstić information content (AvgIpc) is 2.98. The Morgan fingerprint density at radius 2 is 1.38 bits per heavy atom. The summed E-state index contributed by atoms with van der Waals surface area (Å²) in [6.07, 6.45) is 19.6. The van der Waals surface area contributed by atoms with Crippen LogP contribution in [0.4, 0.5) is 0 Å². The van der Waals surface area contributed by atoms with Crippen molar-refractivity contribution in [1.29, 1.82) is 0 Å². The van der Waals surface area contributed by atoms with E-state index in [4.69, 9.17) is 0 Å². The van der Waals surface area contributed by atoms with Gasteiger partial charge in [-0.05, 0) is 67.4 Å². The van der Waals surface area contributed by atoms with Gasteiger partial charge in [0.1, 0.15) is 18.0 Å². The van der Waals surface area contributed by atoms with Crippen LogP contribution in [0.5, 0.6) is 0 Å². The molecule has 0 amide bonds. The van der Waals surface area contributed by atoms with Gasteiger partial charge in [-0.15, -0.1) is 0 Å². The molecule has 2 aromatic carbocycles. The van der Waals surface area contributed by atoms with Crippen LogP contribution in [-0.4, -0.2) is 59.9 Å². The number of nitrogens with zero attached hydrogens (tertiary/aromatic N) is 3. The smallest absolute Gasteiger partial charge is 0.172 e. The number of rotatable bonds is 5. The topological polar surface area (TPSA) is 9.49 Å². The van der Waals surface area contributed by atoms with Crippen LogP contribution in [0.25, 0.3) is 5.57 Å². The van der Waals surface area contributed by atoms with E-state index in [1.54, 1.807) is 0 Å². The molecule has 4 heterocycles. The van der Waals surface area contributed by atoms with Gasteiger partial charge in [0.25, 0.3) is 0 Å². The first-order chi connectivity index (χ1) is 18.3. The van der Waals surface area contributed by atoms with Gasteiger partial charge in [0, 0.05) is 50.1 Å². The molecule has 2 aromatic rings. The third-order valence-corrected chi connectivity index (χ3v) is 10.0. The van der Waals surface area contributed by atoms with E-state index in [1.807, 2.05) is 0 Å². The highest BCUT2D eigenvalue weighted by Gasteiger charge is 2.42. The Hall–Kier alpha value is -2.30. The molecule has 3 nitrogen and oxygen atoms in total. The van der Waals surface area contributed by atoms with Crippen molar-refractivity contribution in [2.75, 3.05) is 39.3 Å². The number of likely N-dealkylation sites (tertiary alicyclic amines) is 2. The predicted octanol–water partition coefficient (Wildman–Crippen LogP) is 7.15. The minimum atomic E-state index is -0.178. The quantitative estimate of drug-likeness (QED) is 0.394. The van der Waals surface area contributed by atoms with Crippen molar-refractivity contribution in [2.24, 2.45) is 0 Å². The van der Waals surface area contributed by atoms with Crippen molar-refractivity contribution in [3.63, 3.8) is 0 Å². The van der Waals surface area contributed by atoms with Gasteiger partial charge in [-0.1, -0.05) is 66.7 Å². The Kier molecular flexibility index (Phi) is 7.85. The van der Waals surface area contributed by atoms with Crippen molar-refractivity contribution in [2.45, 2.75) is 67.6 Å². The molecule has 0 bridgehead atoms. The first-order valence-electron chi connectivity index (χ1n) is 14.7. The predicted molar refractivity (Wildman–Crippen MR) is 157 cm³/mol. The minimum absolute atomic E-state index is 0.178. The number of allylic oxidation sites excluding steroid dienone is 2. The Morgan fingerprint density at radius 3 is 2.14 bits per heavy atom. The second-order valence-electron chi connectivity index (χ2n) is 11.2. The first-order valence-corrected chi connectivity index (χ1v) is 15.5. The van der Waals surface area contributed by atoms with Crippen LogP contribution in [0.1, 0.15) is 68.9 Å². The summed E-state index contributed by atoms with van der Waals surface area (Å²) in [7, 11) is 0. The summed E-state index contributed by atoms with van der Waals surface area (Å²) >= 11 is 2.06. The molecule has 4 heteroatoms. The Bertz CT molecular complexity index is 1150. The fraction of sp³-hybridized carbons (Fsp3) is 0.485. The van der Waals surface area contributed by atoms with Crippen molar-refractivity contribution in [3.05, 3.63) is 83.6 Å². The van der Waals surface area contributed by atoms with Gasteiger partial charge in [0.2, 0.25) is 0 Å². The molecule has 6 rings (SSSR count). The van der Waals surface area contributed by atoms with Gasteiger partial charge in [0.05, 0.1) is 5.57 Å². The summed E-state index contributed by atoms with van der Waals surface area (Å²) in [6.45, 7) is 7.03. The molecule has 4 aliphatic heterocycles. The van der Waals surface area contributed by atoms with E-state index >= 15 is 0 Å². The molecular formula is C33H42N3S+. The summed E-state index contributed by atoms with van der Waals surface area (Å²) in [5.41, 5.74) is 5.62. The highest BCUT2D eigenvalue weighted by Crippen LogP contribution is 2.54. The molecule has 0 radical (unpaired) electrons. The van der Waals surface area contributed by atoms with Gasteiger partial charge in [0.15, 0.2) is 6.21 Å². The zero-order valence-electron chi connectivity index (χ0n) is 22.3. The molecular weight excluding hydrogens is 470 g/mol. The fourth-order valence-corrected chi connectivity index (χ4v) is 8.04. The number of benzene rings is 2. The normalized spacial score (nSPS) is 25.4. The molecule has 1 atom stereocenters. The first kappa shape index (κ1) is 25.0. The second-order valence-corrected chi connectivity index (χ2v) is 12.4. The average molecular weight is 513 g/mol. The van der Waals surface area contributed by atoms with Crippen molar-refractivity contribution >= 4 is 23.5 Å². The number of piperidine rings is 3. The number of hydrogen-bond acceptors (Lipinski definition) is 3. The summed E-state index contributed by atoms with van der Waals surface area (Å²) in [6, 6.07) is 20.5. The maximum Gasteiger partial charge on any atom is 0.172 e. The van der Waals surface area contributed by atoms with E-state index in [9.17, 15) is 0 Å². The fourth-order valence-electron chi connectivity index (χ4n) is 6.53. The largest absolute Gasteiger partial charge is 0.377 e. The standard InChI is InChI=1S/C33H42N3S/c1-5-15-29(16-6-1)33(36-23-13-4-14-24-36)25-31(30-17-7-8-18-32(30)37-33)28(26-34-19-9-2-10-20-34)27-35-21-11-3-12-22-35/h1,5-8,15-18,25-27H,2-4,9-14,19-24H2/q+1. The molecule has 0 spiro atoms. The van der Waals surface area contributed by atoms with Crippen LogP contribution < -0.4 is 0 Å². The molecule has 194 valence electrons. The molecule has 37 heavy (non-hydrogen) atoms.